The second-order valence-electron chi connectivity index (χ2n) is 8.59. The smallest absolute Gasteiger partial charge is 0.417 e. The van der Waals surface area contributed by atoms with E-state index < -0.39 is 23.3 Å². The highest BCUT2D eigenvalue weighted by molar-refractivity contribution is 7.20. The van der Waals surface area contributed by atoms with Gasteiger partial charge in [0.2, 0.25) is 0 Å². The predicted molar refractivity (Wildman–Crippen MR) is 142 cm³/mol. The van der Waals surface area contributed by atoms with Crippen LogP contribution in [-0.2, 0) is 17.5 Å². The molecule has 6 rings (SSSR count). The Morgan fingerprint density at radius 1 is 1.05 bits per heavy atom. The molecule has 0 bridgehead atoms. The minimum absolute atomic E-state index is 0.0264. The Balaban J connectivity index is 1.41. The molecule has 6 aromatic rings. The van der Waals surface area contributed by atoms with E-state index in [1.165, 1.54) is 24.3 Å². The first-order valence-corrected chi connectivity index (χ1v) is 13.1. The number of hydrogen-bond acceptors (Lipinski definition) is 7. The average Bonchev–Trinajstić information content (AvgIpc) is 3.54. The zero-order valence-electron chi connectivity index (χ0n) is 19.6. The van der Waals surface area contributed by atoms with Gasteiger partial charge in [-0.15, -0.1) is 22.7 Å². The van der Waals surface area contributed by atoms with Crippen LogP contribution in [0.4, 0.5) is 13.2 Å². The van der Waals surface area contributed by atoms with Crippen LogP contribution in [0.1, 0.15) is 26.4 Å². The van der Waals surface area contributed by atoms with E-state index in [1.807, 2.05) is 30.3 Å². The van der Waals surface area contributed by atoms with Gasteiger partial charge in [-0.1, -0.05) is 36.4 Å². The van der Waals surface area contributed by atoms with E-state index in [-0.39, 0.29) is 33.0 Å². The molecule has 0 fully saturated rings. The molecule has 0 aliphatic heterocycles. The Labute approximate surface area is 220 Å². The number of nitrogens with zero attached hydrogens (tertiary/aromatic N) is 1. The molecule has 4 aromatic heterocycles. The van der Waals surface area contributed by atoms with Crippen LogP contribution < -0.4 is 5.63 Å². The number of esters is 1. The molecule has 0 saturated carbocycles. The quantitative estimate of drug-likeness (QED) is 0.126. The van der Waals surface area contributed by atoms with Crippen molar-refractivity contribution in [2.75, 3.05) is 0 Å². The summed E-state index contributed by atoms with van der Waals surface area (Å²) in [6.45, 7) is 1.19. The van der Waals surface area contributed by atoms with Crippen molar-refractivity contribution in [2.24, 2.45) is 0 Å². The molecular formula is C28H16F3NO4S2. The van der Waals surface area contributed by atoms with Crippen LogP contribution in [0.5, 0.6) is 0 Å². The van der Waals surface area contributed by atoms with Crippen LogP contribution in [0.25, 0.3) is 42.5 Å². The number of carbonyl (C=O) groups excluding carboxylic acids is 1. The second kappa shape index (κ2) is 9.07. The maximum atomic E-state index is 14.0. The van der Waals surface area contributed by atoms with Crippen molar-refractivity contribution in [3.8, 4) is 10.6 Å². The van der Waals surface area contributed by atoms with E-state index in [4.69, 9.17) is 9.15 Å². The van der Waals surface area contributed by atoms with Gasteiger partial charge in [0.25, 0.3) is 0 Å². The Morgan fingerprint density at radius 2 is 1.87 bits per heavy atom. The lowest BCUT2D eigenvalue weighted by Crippen LogP contribution is -2.09. The van der Waals surface area contributed by atoms with Gasteiger partial charge in [0.05, 0.1) is 16.1 Å². The first kappa shape index (κ1) is 24.3. The van der Waals surface area contributed by atoms with Gasteiger partial charge in [0, 0.05) is 22.4 Å². The molecule has 0 N–H and O–H groups in total. The SMILES string of the molecule is Cc1c(C(=O)OCc2cc(=O)oc3ccc4ccccc4c23)sc2nc(-c3cccs3)cc(C(F)(F)F)c12. The van der Waals surface area contributed by atoms with Gasteiger partial charge < -0.3 is 9.15 Å². The average molecular weight is 552 g/mol. The highest BCUT2D eigenvalue weighted by atomic mass is 32.1. The molecule has 0 saturated heterocycles. The van der Waals surface area contributed by atoms with Crippen molar-refractivity contribution in [3.05, 3.63) is 98.0 Å². The van der Waals surface area contributed by atoms with E-state index in [1.54, 1.807) is 23.6 Å². The van der Waals surface area contributed by atoms with Gasteiger partial charge in [-0.2, -0.15) is 13.2 Å². The number of aromatic nitrogens is 1. The van der Waals surface area contributed by atoms with Gasteiger partial charge in [-0.05, 0) is 46.8 Å². The lowest BCUT2D eigenvalue weighted by molar-refractivity contribution is -0.136. The molecular weight excluding hydrogens is 535 g/mol. The topological polar surface area (TPSA) is 69.4 Å². The molecule has 0 aliphatic rings. The zero-order chi connectivity index (χ0) is 26.6. The van der Waals surface area contributed by atoms with E-state index in [9.17, 15) is 22.8 Å². The fourth-order valence-corrected chi connectivity index (χ4v) is 6.34. The number of aryl methyl sites for hydroxylation is 1. The molecule has 2 aromatic carbocycles. The number of alkyl halides is 3. The first-order valence-electron chi connectivity index (χ1n) is 11.4. The van der Waals surface area contributed by atoms with Crippen molar-refractivity contribution in [1.82, 2.24) is 4.98 Å². The number of ether oxygens (including phenoxy) is 1. The van der Waals surface area contributed by atoms with E-state index in [2.05, 4.69) is 4.98 Å². The van der Waals surface area contributed by atoms with Gasteiger partial charge in [-0.3, -0.25) is 0 Å². The molecule has 0 aliphatic carbocycles. The summed E-state index contributed by atoms with van der Waals surface area (Å²) >= 11 is 2.14. The molecule has 190 valence electrons. The molecule has 0 spiro atoms. The van der Waals surface area contributed by atoms with E-state index in [0.29, 0.717) is 21.4 Å². The van der Waals surface area contributed by atoms with Gasteiger partial charge in [0.15, 0.2) is 0 Å². The van der Waals surface area contributed by atoms with Gasteiger partial charge >= 0.3 is 17.8 Å². The van der Waals surface area contributed by atoms with Crippen LogP contribution in [0.3, 0.4) is 0 Å². The van der Waals surface area contributed by atoms with Crippen LogP contribution in [0.15, 0.2) is 75.3 Å². The number of pyridine rings is 1. The minimum atomic E-state index is -4.64. The zero-order valence-corrected chi connectivity index (χ0v) is 21.2. The van der Waals surface area contributed by atoms with E-state index >= 15 is 0 Å². The van der Waals surface area contributed by atoms with Crippen molar-refractivity contribution >= 4 is 60.6 Å². The van der Waals surface area contributed by atoms with Crippen molar-refractivity contribution in [3.63, 3.8) is 0 Å². The molecule has 0 unspecified atom stereocenters. The fraction of sp³-hybridized carbons (Fsp3) is 0.107. The van der Waals surface area contributed by atoms with Crippen molar-refractivity contribution < 1.29 is 27.1 Å². The largest absolute Gasteiger partial charge is 0.457 e. The Morgan fingerprint density at radius 3 is 2.63 bits per heavy atom. The summed E-state index contributed by atoms with van der Waals surface area (Å²) in [6, 6.07) is 16.7. The standard InChI is InChI=1S/C28H16F3NO4S2/c1-14-23-18(28(29,30)31)12-19(21-7-4-10-37-21)32-26(23)38-25(14)27(34)35-13-16-11-22(33)36-20-9-8-15-5-2-3-6-17(15)24(16)20/h2-12H,13H2,1H3. The molecule has 0 amide bonds. The summed E-state index contributed by atoms with van der Waals surface area (Å²) in [5.41, 5.74) is -0.325. The monoisotopic (exact) mass is 551 g/mol. The summed E-state index contributed by atoms with van der Waals surface area (Å²) < 4.78 is 53.0. The van der Waals surface area contributed by atoms with Crippen LogP contribution in [-0.4, -0.2) is 11.0 Å². The number of benzene rings is 2. The van der Waals surface area contributed by atoms with Crippen molar-refractivity contribution in [1.29, 1.82) is 0 Å². The lowest BCUT2D eigenvalue weighted by Gasteiger charge is -2.11. The maximum Gasteiger partial charge on any atom is 0.417 e. The molecule has 0 radical (unpaired) electrons. The van der Waals surface area contributed by atoms with Crippen LogP contribution >= 0.6 is 22.7 Å². The Kier molecular flexibility index (Phi) is 5.81. The number of hydrogen-bond donors (Lipinski definition) is 0. The molecule has 38 heavy (non-hydrogen) atoms. The highest BCUT2D eigenvalue weighted by Crippen LogP contribution is 2.42. The summed E-state index contributed by atoms with van der Waals surface area (Å²) in [5, 5.41) is 4.00. The lowest BCUT2D eigenvalue weighted by atomic mass is 10.0. The third-order valence-corrected chi connectivity index (χ3v) is 8.30. The molecule has 4 heterocycles. The number of fused-ring (bicyclic) bond motifs is 4. The Bertz CT molecular complexity index is 1920. The van der Waals surface area contributed by atoms with Crippen molar-refractivity contribution in [2.45, 2.75) is 19.7 Å². The first-order chi connectivity index (χ1) is 18.2. The number of carbonyl (C=O) groups is 1. The third kappa shape index (κ3) is 4.15. The summed E-state index contributed by atoms with van der Waals surface area (Å²) in [6.07, 6.45) is -4.64. The number of thiophene rings is 2. The Hall–Kier alpha value is -4.02. The third-order valence-electron chi connectivity index (χ3n) is 6.24. The number of rotatable bonds is 4. The van der Waals surface area contributed by atoms with Gasteiger partial charge in [-0.25, -0.2) is 14.6 Å². The fourth-order valence-electron chi connectivity index (χ4n) is 4.56. The second-order valence-corrected chi connectivity index (χ2v) is 10.5. The highest BCUT2D eigenvalue weighted by Gasteiger charge is 2.36. The molecule has 5 nitrogen and oxygen atoms in total. The van der Waals surface area contributed by atoms with Crippen LogP contribution in [0, 0.1) is 6.92 Å². The van der Waals surface area contributed by atoms with Gasteiger partial charge in [0.1, 0.15) is 21.9 Å². The maximum absolute atomic E-state index is 14.0. The minimum Gasteiger partial charge on any atom is -0.457 e. The number of halogens is 3. The summed E-state index contributed by atoms with van der Waals surface area (Å²) in [4.78, 5) is 30.5. The van der Waals surface area contributed by atoms with E-state index in [0.717, 1.165) is 28.2 Å². The normalized spacial score (nSPS) is 12.0. The molecule has 0 atom stereocenters. The van der Waals surface area contributed by atoms with Crippen LogP contribution in [0.2, 0.25) is 0 Å². The summed E-state index contributed by atoms with van der Waals surface area (Å²) in [7, 11) is 0. The predicted octanol–water partition coefficient (Wildman–Crippen LogP) is 7.97. The molecule has 10 heteroatoms. The summed E-state index contributed by atoms with van der Waals surface area (Å²) in [5.74, 6) is -0.794.